The predicted molar refractivity (Wildman–Crippen MR) is 138 cm³/mol. The summed E-state index contributed by atoms with van der Waals surface area (Å²) in [4.78, 5) is 24.8. The number of amides is 1. The quantitative estimate of drug-likeness (QED) is 0.325. The van der Waals surface area contributed by atoms with E-state index in [4.69, 9.17) is 0 Å². The fourth-order valence-corrected chi connectivity index (χ4v) is 6.67. The number of thioether (sulfide) groups is 1. The molecule has 4 aromatic rings. The molecule has 0 fully saturated rings. The summed E-state index contributed by atoms with van der Waals surface area (Å²) in [6, 6.07) is 21.8. The molecule has 0 saturated carbocycles. The highest BCUT2D eigenvalue weighted by Crippen LogP contribution is 2.25. The molecule has 176 valence electrons. The Hall–Kier alpha value is -3.08. The van der Waals surface area contributed by atoms with Crippen LogP contribution in [0.15, 0.2) is 82.4 Å². The van der Waals surface area contributed by atoms with Crippen LogP contribution >= 0.6 is 23.1 Å². The summed E-state index contributed by atoms with van der Waals surface area (Å²) in [6.45, 7) is 0.128. The normalized spacial score (nSPS) is 12.4. The third-order valence-corrected chi connectivity index (χ3v) is 9.51. The number of fused-ring (bicyclic) bond motifs is 1. The summed E-state index contributed by atoms with van der Waals surface area (Å²) in [6.07, 6.45) is 0.816. The second-order valence-corrected chi connectivity index (χ2v) is 11.8. The monoisotopic (exact) mass is 513 g/mol. The van der Waals surface area contributed by atoms with Gasteiger partial charge in [-0.1, -0.05) is 54.6 Å². The number of nitrogens with zero attached hydrogens (tertiary/aromatic N) is 2. The summed E-state index contributed by atoms with van der Waals surface area (Å²) in [5, 5.41) is 4.78. The van der Waals surface area contributed by atoms with Crippen molar-refractivity contribution in [3.8, 4) is 0 Å². The van der Waals surface area contributed by atoms with Gasteiger partial charge in [-0.3, -0.25) is 4.79 Å². The van der Waals surface area contributed by atoms with Crippen molar-refractivity contribution < 1.29 is 18.0 Å². The van der Waals surface area contributed by atoms with Crippen LogP contribution in [-0.2, 0) is 20.6 Å². The lowest BCUT2D eigenvalue weighted by Crippen LogP contribution is -2.40. The smallest absolute Gasteiger partial charge is 0.287 e. The Bertz CT molecular complexity index is 1380. The van der Waals surface area contributed by atoms with Gasteiger partial charge >= 0.3 is 0 Å². The number of para-hydroxylation sites is 1. The van der Waals surface area contributed by atoms with Gasteiger partial charge in [-0.25, -0.2) is 9.09 Å². The van der Waals surface area contributed by atoms with Gasteiger partial charge in [0.1, 0.15) is 16.2 Å². The molecule has 0 spiro atoms. The number of aldehydes is 1. The average Bonchev–Trinajstić information content (AvgIpc) is 3.53. The number of sulfonamides is 1. The highest BCUT2D eigenvalue weighted by Gasteiger charge is 2.27. The van der Waals surface area contributed by atoms with Crippen molar-refractivity contribution in [2.24, 2.45) is 0 Å². The first kappa shape index (κ1) is 24.1. The highest BCUT2D eigenvalue weighted by atomic mass is 32.2. The van der Waals surface area contributed by atoms with E-state index in [-0.39, 0.29) is 16.4 Å². The molecule has 4 rings (SSSR count). The van der Waals surface area contributed by atoms with Crippen molar-refractivity contribution >= 4 is 56.2 Å². The van der Waals surface area contributed by atoms with E-state index in [1.54, 1.807) is 29.6 Å². The van der Waals surface area contributed by atoms with Gasteiger partial charge in [0.05, 0.1) is 10.8 Å². The first-order valence-electron chi connectivity index (χ1n) is 10.4. The highest BCUT2D eigenvalue weighted by molar-refractivity contribution is 7.99. The topological polar surface area (TPSA) is 88.5 Å². The third-order valence-electron chi connectivity index (χ3n) is 5.22. The molecule has 0 saturated heterocycles. The van der Waals surface area contributed by atoms with E-state index in [1.807, 2.05) is 42.5 Å². The minimum absolute atomic E-state index is 0.128. The molecule has 0 bridgehead atoms. The van der Waals surface area contributed by atoms with Crippen molar-refractivity contribution in [1.29, 1.82) is 0 Å². The number of carbonyl (C=O) groups excluding carboxylic acids is 2. The maximum atomic E-state index is 13.2. The maximum absolute atomic E-state index is 13.2. The van der Waals surface area contributed by atoms with Crippen LogP contribution in [0.3, 0.4) is 0 Å². The van der Waals surface area contributed by atoms with Crippen molar-refractivity contribution in [3.63, 3.8) is 0 Å². The zero-order valence-electron chi connectivity index (χ0n) is 18.3. The van der Waals surface area contributed by atoms with E-state index in [0.717, 1.165) is 33.0 Å². The molecule has 0 radical (unpaired) electrons. The first-order valence-corrected chi connectivity index (χ1v) is 13.8. The van der Waals surface area contributed by atoms with E-state index < -0.39 is 21.2 Å². The standard InChI is InChI=1S/C24H23N3O4S3/c1-26(34(30,31)23-12-7-13-32-23)27-21-11-6-5-10-19(21)14-22(27)24(29)25-15-20(16-28)33-17-18-8-3-2-4-9-18/h2-14,16,20H,15,17H2,1H3,(H,25,29). The van der Waals surface area contributed by atoms with Gasteiger partial charge in [-0.15, -0.1) is 23.1 Å². The third kappa shape index (κ3) is 5.03. The summed E-state index contributed by atoms with van der Waals surface area (Å²) in [5.41, 5.74) is 1.84. The van der Waals surface area contributed by atoms with Crippen LogP contribution < -0.4 is 9.73 Å². The Morgan fingerprint density at radius 2 is 1.85 bits per heavy atom. The number of thiophene rings is 1. The lowest BCUT2D eigenvalue weighted by molar-refractivity contribution is -0.107. The van der Waals surface area contributed by atoms with Crippen LogP contribution in [0.2, 0.25) is 0 Å². The van der Waals surface area contributed by atoms with Crippen molar-refractivity contribution in [1.82, 2.24) is 9.99 Å². The number of carbonyl (C=O) groups is 2. The number of aromatic nitrogens is 1. The van der Waals surface area contributed by atoms with Crippen LogP contribution in [0, 0.1) is 0 Å². The Morgan fingerprint density at radius 3 is 2.56 bits per heavy atom. The summed E-state index contributed by atoms with van der Waals surface area (Å²) < 4.78 is 29.0. The van der Waals surface area contributed by atoms with Crippen molar-refractivity contribution in [2.75, 3.05) is 18.0 Å². The molecule has 7 nitrogen and oxygen atoms in total. The largest absolute Gasteiger partial charge is 0.349 e. The van der Waals surface area contributed by atoms with Gasteiger partial charge in [-0.05, 0) is 29.1 Å². The number of rotatable bonds is 10. The van der Waals surface area contributed by atoms with Gasteiger partial charge in [-0.2, -0.15) is 8.42 Å². The molecule has 2 heterocycles. The Morgan fingerprint density at radius 1 is 1.12 bits per heavy atom. The molecule has 2 aromatic carbocycles. The fraction of sp³-hybridized carbons (Fsp3) is 0.167. The molecule has 1 unspecified atom stereocenters. The van der Waals surface area contributed by atoms with Gasteiger partial charge in [0.25, 0.3) is 15.9 Å². The number of hydrogen-bond acceptors (Lipinski definition) is 6. The van der Waals surface area contributed by atoms with Crippen molar-refractivity contribution in [2.45, 2.75) is 15.2 Å². The SMILES string of the molecule is CN(n1c(C(=O)NCC(C=O)SCc2ccccc2)cc2ccccc21)S(=O)(=O)c1cccs1. The van der Waals surface area contributed by atoms with Crippen LogP contribution in [0.25, 0.3) is 10.9 Å². The molecule has 0 aliphatic heterocycles. The van der Waals surface area contributed by atoms with E-state index in [9.17, 15) is 18.0 Å². The maximum Gasteiger partial charge on any atom is 0.287 e. The fourth-order valence-electron chi connectivity index (χ4n) is 3.46. The minimum Gasteiger partial charge on any atom is -0.349 e. The summed E-state index contributed by atoms with van der Waals surface area (Å²) in [5.74, 6) is 0.180. The molecule has 10 heteroatoms. The molecule has 1 atom stereocenters. The number of benzene rings is 2. The molecule has 1 amide bonds. The Labute approximate surface area is 206 Å². The molecule has 0 aliphatic rings. The van der Waals surface area contributed by atoms with E-state index in [0.29, 0.717) is 11.3 Å². The van der Waals surface area contributed by atoms with Gasteiger partial charge in [0.15, 0.2) is 0 Å². The molecule has 2 aromatic heterocycles. The van der Waals surface area contributed by atoms with E-state index in [1.165, 1.54) is 29.6 Å². The lowest BCUT2D eigenvalue weighted by atomic mass is 10.2. The minimum atomic E-state index is -3.87. The van der Waals surface area contributed by atoms with Crippen LogP contribution in [-0.4, -0.2) is 44.1 Å². The zero-order valence-corrected chi connectivity index (χ0v) is 20.8. The molecular weight excluding hydrogens is 490 g/mol. The van der Waals surface area contributed by atoms with Gasteiger partial charge in [0.2, 0.25) is 0 Å². The molecule has 0 aliphatic carbocycles. The zero-order chi connectivity index (χ0) is 24.1. The van der Waals surface area contributed by atoms with E-state index >= 15 is 0 Å². The van der Waals surface area contributed by atoms with Crippen LogP contribution in [0.4, 0.5) is 0 Å². The first-order chi connectivity index (χ1) is 16.4. The van der Waals surface area contributed by atoms with Crippen molar-refractivity contribution in [3.05, 3.63) is 89.4 Å². The van der Waals surface area contributed by atoms with Crippen LogP contribution in [0.5, 0.6) is 0 Å². The summed E-state index contributed by atoms with van der Waals surface area (Å²) in [7, 11) is -2.45. The lowest BCUT2D eigenvalue weighted by Gasteiger charge is -2.23. The Kier molecular flexibility index (Phi) is 7.40. The summed E-state index contributed by atoms with van der Waals surface area (Å²) >= 11 is 2.55. The molecular formula is C24H23N3O4S3. The second-order valence-electron chi connectivity index (χ2n) is 7.45. The molecule has 34 heavy (non-hydrogen) atoms. The van der Waals surface area contributed by atoms with Gasteiger partial charge < -0.3 is 10.1 Å². The Balaban J connectivity index is 1.56. The van der Waals surface area contributed by atoms with E-state index in [2.05, 4.69) is 5.32 Å². The number of hydrogen-bond donors (Lipinski definition) is 1. The predicted octanol–water partition coefficient (Wildman–Crippen LogP) is 3.89. The average molecular weight is 514 g/mol. The number of nitrogens with one attached hydrogen (secondary N) is 1. The second kappa shape index (κ2) is 10.5. The molecule has 1 N–H and O–H groups in total. The van der Waals surface area contributed by atoms with Crippen LogP contribution in [0.1, 0.15) is 16.1 Å². The van der Waals surface area contributed by atoms with Gasteiger partial charge in [0, 0.05) is 24.7 Å².